The minimum atomic E-state index is -0.468. The molecular weight excluding hydrogens is 369 g/mol. The van der Waals surface area contributed by atoms with Gasteiger partial charge in [0.2, 0.25) is 11.8 Å². The molecule has 7 heteroatoms. The average molecular weight is 396 g/mol. The highest BCUT2D eigenvalue weighted by Crippen LogP contribution is 2.20. The first-order chi connectivity index (χ1) is 13.0. The lowest BCUT2D eigenvalue weighted by molar-refractivity contribution is -0.130. The molecule has 0 bridgehead atoms. The SMILES string of the molecule is O=C1CCN(C(=O)Cc2c(F)cccc2Cl)CCN1CCN1CCCCC1. The molecule has 0 atom stereocenters. The van der Waals surface area contributed by atoms with Gasteiger partial charge in [-0.15, -0.1) is 0 Å². The number of halogens is 2. The molecule has 2 heterocycles. The van der Waals surface area contributed by atoms with E-state index >= 15 is 0 Å². The molecule has 0 spiro atoms. The van der Waals surface area contributed by atoms with Gasteiger partial charge < -0.3 is 14.7 Å². The van der Waals surface area contributed by atoms with Gasteiger partial charge in [0.25, 0.3) is 0 Å². The van der Waals surface area contributed by atoms with Crippen LogP contribution in [0.5, 0.6) is 0 Å². The lowest BCUT2D eigenvalue weighted by atomic mass is 10.1. The van der Waals surface area contributed by atoms with Crippen LogP contribution in [0, 0.1) is 5.82 Å². The largest absolute Gasteiger partial charge is 0.340 e. The van der Waals surface area contributed by atoms with Crippen LogP contribution in [0.2, 0.25) is 5.02 Å². The van der Waals surface area contributed by atoms with Crippen LogP contribution >= 0.6 is 11.6 Å². The van der Waals surface area contributed by atoms with Crippen molar-refractivity contribution >= 4 is 23.4 Å². The van der Waals surface area contributed by atoms with E-state index in [9.17, 15) is 14.0 Å². The number of rotatable bonds is 5. The number of hydrogen-bond acceptors (Lipinski definition) is 3. The Balaban J connectivity index is 1.53. The number of likely N-dealkylation sites (tertiary alicyclic amines) is 1. The van der Waals surface area contributed by atoms with Gasteiger partial charge >= 0.3 is 0 Å². The van der Waals surface area contributed by atoms with E-state index in [4.69, 9.17) is 11.6 Å². The molecule has 2 aliphatic rings. The highest BCUT2D eigenvalue weighted by molar-refractivity contribution is 6.31. The van der Waals surface area contributed by atoms with Crippen molar-refractivity contribution in [3.63, 3.8) is 0 Å². The normalized spacial score (nSPS) is 19.3. The number of benzene rings is 1. The molecule has 5 nitrogen and oxygen atoms in total. The van der Waals surface area contributed by atoms with Crippen LogP contribution in [0.15, 0.2) is 18.2 Å². The molecule has 148 valence electrons. The van der Waals surface area contributed by atoms with Crippen molar-refractivity contribution in [1.29, 1.82) is 0 Å². The van der Waals surface area contributed by atoms with Crippen molar-refractivity contribution in [2.45, 2.75) is 32.1 Å². The first-order valence-electron chi connectivity index (χ1n) is 9.75. The standard InChI is InChI=1S/C20H27ClFN3O2/c21-17-5-4-6-18(22)16(17)15-20(27)24-10-7-19(26)25(14-13-24)12-11-23-8-2-1-3-9-23/h4-6H,1-3,7-15H2. The van der Waals surface area contributed by atoms with Crippen molar-refractivity contribution < 1.29 is 14.0 Å². The highest BCUT2D eigenvalue weighted by Gasteiger charge is 2.25. The van der Waals surface area contributed by atoms with Gasteiger partial charge in [-0.2, -0.15) is 0 Å². The monoisotopic (exact) mass is 395 g/mol. The summed E-state index contributed by atoms with van der Waals surface area (Å²) < 4.78 is 13.9. The van der Waals surface area contributed by atoms with Crippen LogP contribution in [0.3, 0.4) is 0 Å². The Bertz CT molecular complexity index is 659. The van der Waals surface area contributed by atoms with E-state index in [0.717, 1.165) is 19.6 Å². The molecule has 1 aromatic carbocycles. The third-order valence-electron chi connectivity index (χ3n) is 5.47. The molecule has 0 aliphatic carbocycles. The van der Waals surface area contributed by atoms with Crippen LogP contribution in [-0.2, 0) is 16.0 Å². The number of carbonyl (C=O) groups excluding carboxylic acids is 2. The minimum absolute atomic E-state index is 0.0759. The zero-order chi connectivity index (χ0) is 19.2. The fourth-order valence-corrected chi connectivity index (χ4v) is 3.99. The van der Waals surface area contributed by atoms with Crippen molar-refractivity contribution in [3.05, 3.63) is 34.6 Å². The number of carbonyl (C=O) groups is 2. The Morgan fingerprint density at radius 3 is 2.56 bits per heavy atom. The molecule has 27 heavy (non-hydrogen) atoms. The third kappa shape index (κ3) is 5.42. The van der Waals surface area contributed by atoms with Crippen molar-refractivity contribution in [1.82, 2.24) is 14.7 Å². The van der Waals surface area contributed by atoms with Gasteiger partial charge in [0.05, 0.1) is 6.42 Å². The molecule has 0 unspecified atom stereocenters. The summed E-state index contributed by atoms with van der Waals surface area (Å²) in [4.78, 5) is 30.9. The maximum Gasteiger partial charge on any atom is 0.227 e. The van der Waals surface area contributed by atoms with E-state index in [0.29, 0.717) is 32.6 Å². The third-order valence-corrected chi connectivity index (χ3v) is 5.82. The molecule has 0 aromatic heterocycles. The Hall–Kier alpha value is -1.66. The molecule has 2 fully saturated rings. The second kappa shape index (κ2) is 9.51. The van der Waals surface area contributed by atoms with Crippen LogP contribution in [0.4, 0.5) is 4.39 Å². The lowest BCUT2D eigenvalue weighted by Crippen LogP contribution is -2.41. The highest BCUT2D eigenvalue weighted by atomic mass is 35.5. The Morgan fingerprint density at radius 2 is 1.81 bits per heavy atom. The van der Waals surface area contributed by atoms with Gasteiger partial charge in [0.15, 0.2) is 0 Å². The van der Waals surface area contributed by atoms with Crippen molar-refractivity contribution in [2.75, 3.05) is 45.8 Å². The quantitative estimate of drug-likeness (QED) is 0.769. The molecule has 1 aromatic rings. The number of piperidine rings is 1. The summed E-state index contributed by atoms with van der Waals surface area (Å²) in [6.45, 7) is 5.21. The number of hydrogen-bond donors (Lipinski definition) is 0. The first kappa shape index (κ1) is 20.1. The van der Waals surface area contributed by atoms with Crippen LogP contribution in [0.25, 0.3) is 0 Å². The van der Waals surface area contributed by atoms with E-state index in [1.54, 1.807) is 11.0 Å². The summed E-state index contributed by atoms with van der Waals surface area (Å²) in [6.07, 6.45) is 4.00. The summed E-state index contributed by atoms with van der Waals surface area (Å²) in [7, 11) is 0. The molecule has 2 saturated heterocycles. The molecule has 2 amide bonds. The summed E-state index contributed by atoms with van der Waals surface area (Å²) >= 11 is 6.03. The van der Waals surface area contributed by atoms with Crippen LogP contribution in [0.1, 0.15) is 31.2 Å². The zero-order valence-electron chi connectivity index (χ0n) is 15.6. The first-order valence-corrected chi connectivity index (χ1v) is 10.1. The summed E-state index contributed by atoms with van der Waals surface area (Å²) in [5, 5.41) is 0.261. The Morgan fingerprint density at radius 1 is 1.04 bits per heavy atom. The van der Waals surface area contributed by atoms with Crippen LogP contribution in [-0.4, -0.2) is 72.3 Å². The summed E-state index contributed by atoms with van der Waals surface area (Å²) in [5.41, 5.74) is 0.224. The van der Waals surface area contributed by atoms with E-state index in [1.807, 2.05) is 4.90 Å². The predicted molar refractivity (Wildman–Crippen MR) is 103 cm³/mol. The van der Waals surface area contributed by atoms with E-state index in [-0.39, 0.29) is 28.8 Å². The molecule has 2 aliphatic heterocycles. The fourth-order valence-electron chi connectivity index (χ4n) is 3.76. The van der Waals surface area contributed by atoms with E-state index in [2.05, 4.69) is 4.90 Å². The lowest BCUT2D eigenvalue weighted by Gasteiger charge is -2.29. The minimum Gasteiger partial charge on any atom is -0.340 e. The average Bonchev–Trinajstić information content (AvgIpc) is 2.85. The zero-order valence-corrected chi connectivity index (χ0v) is 16.4. The molecule has 0 radical (unpaired) electrons. The summed E-state index contributed by atoms with van der Waals surface area (Å²) in [6, 6.07) is 4.42. The maximum atomic E-state index is 13.9. The molecular formula is C20H27ClFN3O2. The molecule has 3 rings (SSSR count). The topological polar surface area (TPSA) is 43.9 Å². The fraction of sp³-hybridized carbons (Fsp3) is 0.600. The van der Waals surface area contributed by atoms with Gasteiger partial charge in [0.1, 0.15) is 5.82 Å². The van der Waals surface area contributed by atoms with E-state index in [1.165, 1.54) is 31.4 Å². The number of nitrogens with zero attached hydrogens (tertiary/aromatic N) is 3. The second-order valence-corrected chi connectivity index (χ2v) is 7.70. The Labute approximate surface area is 165 Å². The van der Waals surface area contributed by atoms with Crippen LogP contribution < -0.4 is 0 Å². The van der Waals surface area contributed by atoms with E-state index < -0.39 is 5.82 Å². The summed E-state index contributed by atoms with van der Waals surface area (Å²) in [5.74, 6) is -0.566. The van der Waals surface area contributed by atoms with Gasteiger partial charge in [-0.3, -0.25) is 9.59 Å². The molecule has 0 N–H and O–H groups in total. The van der Waals surface area contributed by atoms with Gasteiger partial charge in [-0.05, 0) is 38.1 Å². The number of amides is 2. The van der Waals surface area contributed by atoms with Gasteiger partial charge in [0, 0.05) is 49.7 Å². The van der Waals surface area contributed by atoms with Gasteiger partial charge in [-0.1, -0.05) is 24.1 Å². The van der Waals surface area contributed by atoms with Crippen molar-refractivity contribution in [2.24, 2.45) is 0 Å². The maximum absolute atomic E-state index is 13.9. The predicted octanol–water partition coefficient (Wildman–Crippen LogP) is 2.57. The second-order valence-electron chi connectivity index (χ2n) is 7.29. The Kier molecular flexibility index (Phi) is 7.07. The smallest absolute Gasteiger partial charge is 0.227 e. The molecule has 0 saturated carbocycles. The van der Waals surface area contributed by atoms with Gasteiger partial charge in [-0.25, -0.2) is 4.39 Å². The van der Waals surface area contributed by atoms with Crippen molar-refractivity contribution in [3.8, 4) is 0 Å².